The van der Waals surface area contributed by atoms with Gasteiger partial charge in [0, 0.05) is 16.8 Å². The minimum atomic E-state index is -3.14. The second-order valence-electron chi connectivity index (χ2n) is 3.98. The van der Waals surface area contributed by atoms with Crippen molar-refractivity contribution in [2.75, 3.05) is 5.75 Å². The highest BCUT2D eigenvalue weighted by Crippen LogP contribution is 2.25. The molecule has 0 radical (unpaired) electrons. The summed E-state index contributed by atoms with van der Waals surface area (Å²) in [5, 5.41) is 0.0210. The molecular formula is C12H18ClNO2S. The largest absolute Gasteiger partial charge is 0.323 e. The fourth-order valence-electron chi connectivity index (χ4n) is 1.87. The van der Waals surface area contributed by atoms with Gasteiger partial charge in [-0.3, -0.25) is 0 Å². The molecule has 0 spiro atoms. The van der Waals surface area contributed by atoms with Gasteiger partial charge in [-0.2, -0.15) is 0 Å². The predicted octanol–water partition coefficient (Wildman–Crippen LogP) is 2.55. The summed E-state index contributed by atoms with van der Waals surface area (Å²) in [5.74, 6) is 0.111. The molecule has 0 aliphatic rings. The van der Waals surface area contributed by atoms with Gasteiger partial charge in [0.15, 0.2) is 9.84 Å². The van der Waals surface area contributed by atoms with Crippen LogP contribution in [-0.2, 0) is 9.84 Å². The molecule has 0 heterocycles. The van der Waals surface area contributed by atoms with Gasteiger partial charge in [-0.15, -0.1) is 0 Å². The van der Waals surface area contributed by atoms with Gasteiger partial charge in [0.1, 0.15) is 0 Å². The topological polar surface area (TPSA) is 60.2 Å². The third-order valence-corrected chi connectivity index (χ3v) is 5.49. The summed E-state index contributed by atoms with van der Waals surface area (Å²) in [6.45, 7) is 3.48. The van der Waals surface area contributed by atoms with Gasteiger partial charge in [-0.25, -0.2) is 8.42 Å². The van der Waals surface area contributed by atoms with Gasteiger partial charge < -0.3 is 5.73 Å². The van der Waals surface area contributed by atoms with Gasteiger partial charge in [0.25, 0.3) is 0 Å². The van der Waals surface area contributed by atoms with Crippen LogP contribution in [0.5, 0.6) is 0 Å². The molecule has 2 atom stereocenters. The first-order chi connectivity index (χ1) is 7.92. The lowest BCUT2D eigenvalue weighted by atomic mass is 10.0. The molecule has 17 heavy (non-hydrogen) atoms. The van der Waals surface area contributed by atoms with E-state index in [1.807, 2.05) is 13.0 Å². The van der Waals surface area contributed by atoms with Crippen molar-refractivity contribution >= 4 is 21.4 Å². The second-order valence-corrected chi connectivity index (χ2v) is 6.92. The third kappa shape index (κ3) is 3.44. The van der Waals surface area contributed by atoms with Crippen LogP contribution in [0.25, 0.3) is 0 Å². The summed E-state index contributed by atoms with van der Waals surface area (Å²) >= 11 is 5.88. The molecule has 3 nitrogen and oxygen atoms in total. The Bertz CT molecular complexity index is 473. The molecule has 0 saturated heterocycles. The number of rotatable bonds is 5. The highest BCUT2D eigenvalue weighted by Gasteiger charge is 2.29. The van der Waals surface area contributed by atoms with Crippen LogP contribution in [0.3, 0.4) is 0 Å². The number of benzene rings is 1. The van der Waals surface area contributed by atoms with Crippen molar-refractivity contribution in [3.63, 3.8) is 0 Å². The van der Waals surface area contributed by atoms with Crippen LogP contribution in [-0.4, -0.2) is 19.4 Å². The van der Waals surface area contributed by atoms with Crippen LogP contribution in [0, 0.1) is 0 Å². The maximum absolute atomic E-state index is 11.9. The molecule has 0 aliphatic carbocycles. The second kappa shape index (κ2) is 5.85. The summed E-state index contributed by atoms with van der Waals surface area (Å²) < 4.78 is 23.8. The van der Waals surface area contributed by atoms with Gasteiger partial charge in [-0.1, -0.05) is 37.6 Å². The van der Waals surface area contributed by atoms with E-state index in [2.05, 4.69) is 0 Å². The van der Waals surface area contributed by atoms with Crippen LogP contribution in [0.1, 0.15) is 31.9 Å². The summed E-state index contributed by atoms with van der Waals surface area (Å²) in [7, 11) is -3.14. The van der Waals surface area contributed by atoms with E-state index in [0.29, 0.717) is 11.4 Å². The molecule has 0 aromatic heterocycles. The van der Waals surface area contributed by atoms with E-state index in [1.54, 1.807) is 25.1 Å². The zero-order chi connectivity index (χ0) is 13.1. The quantitative estimate of drug-likeness (QED) is 0.898. The Hall–Kier alpha value is -0.580. The Balaban J connectivity index is 3.06. The average molecular weight is 276 g/mol. The van der Waals surface area contributed by atoms with E-state index in [-0.39, 0.29) is 5.75 Å². The lowest BCUT2D eigenvalue weighted by molar-refractivity contribution is 0.549. The van der Waals surface area contributed by atoms with E-state index in [9.17, 15) is 8.42 Å². The van der Waals surface area contributed by atoms with E-state index >= 15 is 0 Å². The van der Waals surface area contributed by atoms with E-state index < -0.39 is 21.1 Å². The molecule has 5 heteroatoms. The maximum atomic E-state index is 11.9. The smallest absolute Gasteiger partial charge is 0.154 e. The van der Waals surface area contributed by atoms with Crippen molar-refractivity contribution in [1.82, 2.24) is 0 Å². The zero-order valence-corrected chi connectivity index (χ0v) is 11.6. The van der Waals surface area contributed by atoms with Crippen LogP contribution >= 0.6 is 11.6 Å². The number of sulfone groups is 1. The molecule has 1 aromatic rings. The molecule has 0 fully saturated rings. The third-order valence-electron chi connectivity index (χ3n) is 2.90. The minimum absolute atomic E-state index is 0.111. The standard InChI is InChI=1S/C12H18ClNO2S/c1-3-11(17(15,16)4-2)12(14)9-6-5-7-10(13)8-9/h5-8,11-12H,3-4,14H2,1-2H3/t11-,12+/m1/s1. The molecule has 0 unspecified atom stereocenters. The lowest BCUT2D eigenvalue weighted by Gasteiger charge is -2.22. The van der Waals surface area contributed by atoms with E-state index in [1.165, 1.54) is 0 Å². The summed E-state index contributed by atoms with van der Waals surface area (Å²) in [5.41, 5.74) is 6.81. The van der Waals surface area contributed by atoms with Crippen molar-refractivity contribution in [3.8, 4) is 0 Å². The summed E-state index contributed by atoms with van der Waals surface area (Å²) in [6, 6.07) is 6.53. The SMILES string of the molecule is CC[C@H]([C@@H](N)c1cccc(Cl)c1)S(=O)(=O)CC. The Kier molecular flexibility index (Phi) is 4.98. The van der Waals surface area contributed by atoms with Gasteiger partial charge >= 0.3 is 0 Å². The summed E-state index contributed by atoms with van der Waals surface area (Å²) in [6.07, 6.45) is 0.504. The Labute approximate surface area is 108 Å². The predicted molar refractivity (Wildman–Crippen MR) is 71.9 cm³/mol. The van der Waals surface area contributed by atoms with Crippen molar-refractivity contribution < 1.29 is 8.42 Å². The Morgan fingerprint density at radius 1 is 1.35 bits per heavy atom. The van der Waals surface area contributed by atoms with Crippen molar-refractivity contribution in [1.29, 1.82) is 0 Å². The fraction of sp³-hybridized carbons (Fsp3) is 0.500. The van der Waals surface area contributed by atoms with Crippen LogP contribution < -0.4 is 5.73 Å². The number of halogens is 1. The lowest BCUT2D eigenvalue weighted by Crippen LogP contribution is -2.34. The molecule has 0 amide bonds. The van der Waals surface area contributed by atoms with Gasteiger partial charge in [0.05, 0.1) is 5.25 Å². The van der Waals surface area contributed by atoms with Crippen molar-refractivity contribution in [2.24, 2.45) is 5.73 Å². The van der Waals surface area contributed by atoms with Gasteiger partial charge in [0.2, 0.25) is 0 Å². The molecule has 1 aromatic carbocycles. The Morgan fingerprint density at radius 3 is 2.47 bits per heavy atom. The van der Waals surface area contributed by atoms with E-state index in [0.717, 1.165) is 5.56 Å². The number of nitrogens with two attached hydrogens (primary N) is 1. The first kappa shape index (κ1) is 14.5. The molecular weight excluding hydrogens is 258 g/mol. The van der Waals surface area contributed by atoms with Crippen molar-refractivity contribution in [3.05, 3.63) is 34.9 Å². The normalized spacial score (nSPS) is 15.5. The van der Waals surface area contributed by atoms with Crippen LogP contribution in [0.2, 0.25) is 5.02 Å². The molecule has 0 bridgehead atoms. The number of hydrogen-bond acceptors (Lipinski definition) is 3. The minimum Gasteiger partial charge on any atom is -0.323 e. The van der Waals surface area contributed by atoms with Crippen LogP contribution in [0.15, 0.2) is 24.3 Å². The molecule has 0 aliphatic heterocycles. The maximum Gasteiger partial charge on any atom is 0.154 e. The first-order valence-electron chi connectivity index (χ1n) is 5.65. The zero-order valence-electron chi connectivity index (χ0n) is 10.1. The monoisotopic (exact) mass is 275 g/mol. The Morgan fingerprint density at radius 2 is 2.00 bits per heavy atom. The highest BCUT2D eigenvalue weighted by atomic mass is 35.5. The van der Waals surface area contributed by atoms with Crippen LogP contribution in [0.4, 0.5) is 0 Å². The average Bonchev–Trinajstić information content (AvgIpc) is 2.29. The molecule has 1 rings (SSSR count). The van der Waals surface area contributed by atoms with Gasteiger partial charge in [-0.05, 0) is 24.1 Å². The first-order valence-corrected chi connectivity index (χ1v) is 7.74. The van der Waals surface area contributed by atoms with E-state index in [4.69, 9.17) is 17.3 Å². The molecule has 96 valence electrons. The molecule has 2 N–H and O–H groups in total. The molecule has 0 saturated carbocycles. The number of hydrogen-bond donors (Lipinski definition) is 1. The highest BCUT2D eigenvalue weighted by molar-refractivity contribution is 7.92. The fourth-order valence-corrected chi connectivity index (χ4v) is 3.61. The summed E-state index contributed by atoms with van der Waals surface area (Å²) in [4.78, 5) is 0. The van der Waals surface area contributed by atoms with Crippen molar-refractivity contribution in [2.45, 2.75) is 31.6 Å².